The molecule has 0 bridgehead atoms. The van der Waals surface area contributed by atoms with Gasteiger partial charge >= 0.3 is 29.8 Å². The number of hydrogen-bond acceptors (Lipinski definition) is 10. The highest BCUT2D eigenvalue weighted by molar-refractivity contribution is 5.97. The van der Waals surface area contributed by atoms with Gasteiger partial charge in [0, 0.05) is 40.2 Å². The van der Waals surface area contributed by atoms with Crippen molar-refractivity contribution in [3.63, 3.8) is 0 Å². The zero-order valence-corrected chi connectivity index (χ0v) is 28.8. The Hall–Kier alpha value is -5.77. The minimum absolute atomic E-state index is 0.426. The predicted molar refractivity (Wildman–Crippen MR) is 185 cm³/mol. The number of carbonyl (C=O) groups is 5. The van der Waals surface area contributed by atoms with E-state index in [2.05, 4.69) is 0 Å². The number of ether oxygens (including phenoxy) is 5. The lowest BCUT2D eigenvalue weighted by Gasteiger charge is -2.36. The van der Waals surface area contributed by atoms with E-state index in [1.165, 1.54) is 6.92 Å². The Balaban J connectivity index is 2.12. The Bertz CT molecular complexity index is 1820. The van der Waals surface area contributed by atoms with Crippen LogP contribution in [-0.4, -0.2) is 54.8 Å². The molecule has 0 spiro atoms. The predicted octanol–water partition coefficient (Wildman–Crippen LogP) is 6.96. The molecule has 0 saturated heterocycles. The third-order valence-corrected chi connectivity index (χ3v) is 7.80. The number of carbonyl (C=O) groups excluding carboxylic acids is 5. The topological polar surface area (TPSA) is 132 Å². The minimum atomic E-state index is -1.59. The molecule has 4 atom stereocenters. The van der Waals surface area contributed by atoms with E-state index in [-0.39, 0.29) is 0 Å². The molecule has 0 aliphatic rings. The van der Waals surface area contributed by atoms with Gasteiger partial charge in [0.25, 0.3) is 0 Å². The molecule has 10 heteroatoms. The van der Waals surface area contributed by atoms with Crippen LogP contribution in [0.25, 0.3) is 33.4 Å². The van der Waals surface area contributed by atoms with Gasteiger partial charge in [0.1, 0.15) is 6.61 Å². The van der Waals surface area contributed by atoms with E-state index in [0.717, 1.165) is 61.1 Å². The number of hydrogen-bond donors (Lipinski definition) is 0. The van der Waals surface area contributed by atoms with E-state index in [1.54, 1.807) is 0 Å². The molecule has 0 radical (unpaired) electrons. The maximum atomic E-state index is 12.9. The van der Waals surface area contributed by atoms with Crippen molar-refractivity contribution in [1.82, 2.24) is 0 Å². The summed E-state index contributed by atoms with van der Waals surface area (Å²) in [6.07, 6.45) is -6.02. The van der Waals surface area contributed by atoms with Crippen molar-refractivity contribution < 1.29 is 47.7 Å². The molecular weight excluding hydrogens is 640 g/mol. The zero-order chi connectivity index (χ0) is 36.4. The van der Waals surface area contributed by atoms with Gasteiger partial charge in [0.15, 0.2) is 24.4 Å². The highest BCUT2D eigenvalue weighted by Gasteiger charge is 2.45. The molecule has 0 aromatic heterocycles. The Labute approximate surface area is 291 Å². The van der Waals surface area contributed by atoms with Crippen molar-refractivity contribution in [2.45, 2.75) is 66.0 Å². The van der Waals surface area contributed by atoms with Crippen LogP contribution in [0.1, 0.15) is 51.8 Å². The van der Waals surface area contributed by atoms with Gasteiger partial charge in [-0.2, -0.15) is 0 Å². The standard InChI is InChI=1S/C40H40O10/c1-24-33(38(48-27(4)43)40(50-29(6)45)39(49-28(5)44)35(47-26(3)42)23-46-25(2)41)22-34(30-16-10-7-11-17-30)37(32-20-14-9-15-21-32)36(24)31-18-12-8-13-19-31/h7-22,35,38-40H,23H2,1-6H3/t35-,38-,39-,40-/m1/s1. The van der Waals surface area contributed by atoms with Crippen LogP contribution in [0.4, 0.5) is 0 Å². The SMILES string of the molecule is CC(=O)OC[C@@H](OC(C)=O)[C@@H](OC(C)=O)[C@H](OC(C)=O)[C@H](OC(C)=O)c1cc(-c2ccccc2)c(-c2ccccc2)c(-c2ccccc2)c1C. The lowest BCUT2D eigenvalue weighted by Crippen LogP contribution is -2.50. The summed E-state index contributed by atoms with van der Waals surface area (Å²) in [5.74, 6) is -3.84. The van der Waals surface area contributed by atoms with Crippen LogP contribution in [0.15, 0.2) is 97.1 Å². The minimum Gasteiger partial charge on any atom is -0.462 e. The Morgan fingerprint density at radius 2 is 0.960 bits per heavy atom. The summed E-state index contributed by atoms with van der Waals surface area (Å²) in [6.45, 7) is 7.07. The van der Waals surface area contributed by atoms with Crippen molar-refractivity contribution in [2.24, 2.45) is 0 Å². The van der Waals surface area contributed by atoms with Gasteiger partial charge in [-0.05, 0) is 51.9 Å². The third-order valence-electron chi connectivity index (χ3n) is 7.80. The molecule has 0 unspecified atom stereocenters. The summed E-state index contributed by atoms with van der Waals surface area (Å²) in [5.41, 5.74) is 6.22. The van der Waals surface area contributed by atoms with Gasteiger partial charge in [0.05, 0.1) is 0 Å². The van der Waals surface area contributed by atoms with E-state index in [4.69, 9.17) is 23.7 Å². The van der Waals surface area contributed by atoms with Crippen molar-refractivity contribution in [3.05, 3.63) is 108 Å². The summed E-state index contributed by atoms with van der Waals surface area (Å²) in [5, 5.41) is 0. The van der Waals surface area contributed by atoms with Crippen LogP contribution in [0.3, 0.4) is 0 Å². The van der Waals surface area contributed by atoms with Crippen LogP contribution in [0, 0.1) is 6.92 Å². The average Bonchev–Trinajstić information content (AvgIpc) is 3.07. The second-order valence-electron chi connectivity index (χ2n) is 11.6. The van der Waals surface area contributed by atoms with E-state index < -0.39 is 60.9 Å². The van der Waals surface area contributed by atoms with Crippen LogP contribution < -0.4 is 0 Å². The lowest BCUT2D eigenvalue weighted by molar-refractivity contribution is -0.203. The fourth-order valence-electron chi connectivity index (χ4n) is 5.95. The van der Waals surface area contributed by atoms with Crippen LogP contribution in [0.5, 0.6) is 0 Å². The summed E-state index contributed by atoms with van der Waals surface area (Å²) in [4.78, 5) is 62.4. The fourth-order valence-corrected chi connectivity index (χ4v) is 5.95. The number of rotatable bonds is 13. The van der Waals surface area contributed by atoms with Gasteiger partial charge in [-0.3, -0.25) is 24.0 Å². The van der Waals surface area contributed by atoms with Crippen LogP contribution in [-0.2, 0) is 47.7 Å². The monoisotopic (exact) mass is 680 g/mol. The maximum Gasteiger partial charge on any atom is 0.303 e. The molecule has 260 valence electrons. The van der Waals surface area contributed by atoms with Gasteiger partial charge in [-0.15, -0.1) is 0 Å². The first-order chi connectivity index (χ1) is 23.9. The van der Waals surface area contributed by atoms with E-state index in [1.807, 2.05) is 104 Å². The Kier molecular flexibility index (Phi) is 12.6. The number of benzene rings is 4. The molecule has 0 aliphatic heterocycles. The molecule has 4 aromatic carbocycles. The van der Waals surface area contributed by atoms with E-state index in [9.17, 15) is 24.0 Å². The lowest BCUT2D eigenvalue weighted by atomic mass is 9.80. The molecule has 4 aromatic rings. The second-order valence-corrected chi connectivity index (χ2v) is 11.6. The highest BCUT2D eigenvalue weighted by Crippen LogP contribution is 2.46. The smallest absolute Gasteiger partial charge is 0.303 e. The second kappa shape index (κ2) is 17.1. The van der Waals surface area contributed by atoms with Crippen molar-refractivity contribution in [2.75, 3.05) is 6.61 Å². The molecule has 4 rings (SSSR count). The normalized spacial score (nSPS) is 13.2. The first kappa shape index (κ1) is 37.1. The van der Waals surface area contributed by atoms with Crippen molar-refractivity contribution in [1.29, 1.82) is 0 Å². The number of esters is 5. The molecular formula is C40H40O10. The zero-order valence-electron chi connectivity index (χ0n) is 28.8. The van der Waals surface area contributed by atoms with E-state index >= 15 is 0 Å². The highest BCUT2D eigenvalue weighted by atomic mass is 16.6. The van der Waals surface area contributed by atoms with E-state index in [0.29, 0.717) is 11.1 Å². The van der Waals surface area contributed by atoms with Crippen molar-refractivity contribution in [3.8, 4) is 33.4 Å². The summed E-state index contributed by atoms with van der Waals surface area (Å²) in [7, 11) is 0. The largest absolute Gasteiger partial charge is 0.462 e. The molecule has 0 amide bonds. The Morgan fingerprint density at radius 3 is 1.42 bits per heavy atom. The van der Waals surface area contributed by atoms with Crippen LogP contribution >= 0.6 is 0 Å². The van der Waals surface area contributed by atoms with Gasteiger partial charge in [0.2, 0.25) is 0 Å². The molecule has 0 heterocycles. The molecule has 0 N–H and O–H groups in total. The quantitative estimate of drug-likeness (QED) is 0.108. The fraction of sp³-hybridized carbons (Fsp3) is 0.275. The molecule has 0 aliphatic carbocycles. The Morgan fingerprint density at radius 1 is 0.520 bits per heavy atom. The first-order valence-corrected chi connectivity index (χ1v) is 16.0. The summed E-state index contributed by atoms with van der Waals surface area (Å²) < 4.78 is 28.2. The summed E-state index contributed by atoms with van der Waals surface area (Å²) >= 11 is 0. The molecule has 0 saturated carbocycles. The molecule has 50 heavy (non-hydrogen) atoms. The third kappa shape index (κ3) is 9.43. The van der Waals surface area contributed by atoms with Crippen LogP contribution in [0.2, 0.25) is 0 Å². The first-order valence-electron chi connectivity index (χ1n) is 16.0. The molecule has 10 nitrogen and oxygen atoms in total. The van der Waals surface area contributed by atoms with Gasteiger partial charge < -0.3 is 23.7 Å². The maximum absolute atomic E-state index is 12.9. The van der Waals surface area contributed by atoms with Gasteiger partial charge in [-0.1, -0.05) is 91.0 Å². The summed E-state index contributed by atoms with van der Waals surface area (Å²) in [6, 6.07) is 31.0. The molecule has 0 fully saturated rings. The van der Waals surface area contributed by atoms with Gasteiger partial charge in [-0.25, -0.2) is 0 Å². The average molecular weight is 681 g/mol. The van der Waals surface area contributed by atoms with Crippen molar-refractivity contribution >= 4 is 29.8 Å².